The number of nitrogens with zero attached hydrogens (tertiary/aromatic N) is 1. The Morgan fingerprint density at radius 3 is 2.60 bits per heavy atom. The Morgan fingerprint density at radius 2 is 1.95 bits per heavy atom. The Balaban J connectivity index is 2.03. The quantitative estimate of drug-likeness (QED) is 0.867. The summed E-state index contributed by atoms with van der Waals surface area (Å²) in [6.07, 6.45) is 4.41. The topological polar surface area (TPSA) is 35.5 Å². The van der Waals surface area contributed by atoms with E-state index < -0.39 is 0 Å². The van der Waals surface area contributed by atoms with Crippen molar-refractivity contribution in [3.8, 4) is 0 Å². The monoisotopic (exact) mass is 276 g/mol. The first-order chi connectivity index (χ1) is 9.67. The Morgan fingerprint density at radius 1 is 1.20 bits per heavy atom. The van der Waals surface area contributed by atoms with Crippen LogP contribution in [0.4, 0.5) is 5.69 Å². The van der Waals surface area contributed by atoms with Crippen molar-refractivity contribution in [3.63, 3.8) is 0 Å². The van der Waals surface area contributed by atoms with E-state index in [-0.39, 0.29) is 12.1 Å². The lowest BCUT2D eigenvalue weighted by molar-refractivity contribution is 0.192. The van der Waals surface area contributed by atoms with Crippen molar-refractivity contribution in [2.75, 3.05) is 31.6 Å². The van der Waals surface area contributed by atoms with Gasteiger partial charge in [-0.25, -0.2) is 0 Å². The molecule has 1 heterocycles. The van der Waals surface area contributed by atoms with Crippen LogP contribution in [0.2, 0.25) is 0 Å². The van der Waals surface area contributed by atoms with Gasteiger partial charge in [-0.1, -0.05) is 24.6 Å². The molecule has 1 unspecified atom stereocenters. The van der Waals surface area contributed by atoms with Crippen molar-refractivity contribution in [2.45, 2.75) is 45.1 Å². The van der Waals surface area contributed by atoms with E-state index in [9.17, 15) is 5.11 Å². The van der Waals surface area contributed by atoms with Crippen LogP contribution in [0.25, 0.3) is 0 Å². The molecule has 0 bridgehead atoms. The number of likely N-dealkylation sites (tertiary alicyclic amines) is 1. The highest BCUT2D eigenvalue weighted by Gasteiger charge is 2.31. The number of rotatable bonds is 5. The normalized spacial score (nSPS) is 24.4. The molecule has 3 heteroatoms. The zero-order valence-electron chi connectivity index (χ0n) is 12.9. The smallest absolute Gasteiger partial charge is 0.0662 e. The number of aliphatic hydroxyl groups excluding tert-OH is 1. The van der Waals surface area contributed by atoms with Crippen LogP contribution in [0, 0.1) is 6.92 Å². The van der Waals surface area contributed by atoms with E-state index in [2.05, 4.69) is 48.3 Å². The number of hydrogen-bond donors (Lipinski definition) is 2. The lowest BCUT2D eigenvalue weighted by Crippen LogP contribution is -2.43. The molecule has 0 saturated carbocycles. The molecule has 3 nitrogen and oxygen atoms in total. The number of nitrogens with one attached hydrogen (secondary N) is 1. The first-order valence-corrected chi connectivity index (χ1v) is 7.85. The molecule has 0 aliphatic carbocycles. The summed E-state index contributed by atoms with van der Waals surface area (Å²) in [6, 6.07) is 8.46. The van der Waals surface area contributed by atoms with Crippen molar-refractivity contribution in [1.82, 2.24) is 4.90 Å². The summed E-state index contributed by atoms with van der Waals surface area (Å²) in [7, 11) is 0. The molecule has 1 saturated heterocycles. The first kappa shape index (κ1) is 15.3. The molecule has 0 spiro atoms. The van der Waals surface area contributed by atoms with E-state index in [1.807, 2.05) is 0 Å². The summed E-state index contributed by atoms with van der Waals surface area (Å²) in [5.74, 6) is 0. The minimum absolute atomic E-state index is 0.155. The largest absolute Gasteiger partial charge is 0.394 e. The zero-order valence-corrected chi connectivity index (χ0v) is 12.9. The number of aryl methyl sites for hydroxylation is 1. The molecular formula is C17H28N2O. The van der Waals surface area contributed by atoms with Crippen LogP contribution in [0.3, 0.4) is 0 Å². The van der Waals surface area contributed by atoms with Crippen LogP contribution in [-0.2, 0) is 0 Å². The van der Waals surface area contributed by atoms with Gasteiger partial charge in [0.1, 0.15) is 0 Å². The molecule has 2 rings (SSSR count). The number of benzene rings is 1. The minimum atomic E-state index is -0.155. The third kappa shape index (κ3) is 3.97. The van der Waals surface area contributed by atoms with Crippen LogP contribution in [0.15, 0.2) is 24.3 Å². The maximum absolute atomic E-state index is 9.92. The second-order valence-electron chi connectivity index (χ2n) is 6.12. The van der Waals surface area contributed by atoms with Gasteiger partial charge in [0.05, 0.1) is 12.1 Å². The van der Waals surface area contributed by atoms with Crippen molar-refractivity contribution < 1.29 is 5.11 Å². The summed E-state index contributed by atoms with van der Waals surface area (Å²) in [4.78, 5) is 2.52. The highest BCUT2D eigenvalue weighted by Crippen LogP contribution is 2.27. The Hall–Kier alpha value is -1.06. The van der Waals surface area contributed by atoms with Gasteiger partial charge in [0.15, 0.2) is 0 Å². The van der Waals surface area contributed by atoms with Crippen LogP contribution in [0.5, 0.6) is 0 Å². The molecule has 0 radical (unpaired) electrons. The van der Waals surface area contributed by atoms with Gasteiger partial charge in [-0.2, -0.15) is 0 Å². The predicted octanol–water partition coefficient (Wildman–Crippen LogP) is 3.03. The average molecular weight is 276 g/mol. The molecule has 1 atom stereocenters. The molecule has 1 aromatic carbocycles. The maximum atomic E-state index is 9.92. The van der Waals surface area contributed by atoms with E-state index in [1.165, 1.54) is 18.5 Å². The number of hydrogen-bond acceptors (Lipinski definition) is 3. The van der Waals surface area contributed by atoms with Crippen molar-refractivity contribution in [3.05, 3.63) is 29.8 Å². The van der Waals surface area contributed by atoms with E-state index in [1.54, 1.807) is 0 Å². The van der Waals surface area contributed by atoms with Gasteiger partial charge >= 0.3 is 0 Å². The molecule has 1 aliphatic heterocycles. The molecule has 0 aromatic heterocycles. The molecule has 112 valence electrons. The predicted molar refractivity (Wildman–Crippen MR) is 85.2 cm³/mol. The SMILES string of the molecule is CCCN1CCCC(CO)(Nc2ccc(C)cc2)CC1. The summed E-state index contributed by atoms with van der Waals surface area (Å²) in [5.41, 5.74) is 2.23. The third-order valence-corrected chi connectivity index (χ3v) is 4.34. The van der Waals surface area contributed by atoms with Crippen molar-refractivity contribution in [1.29, 1.82) is 0 Å². The second-order valence-corrected chi connectivity index (χ2v) is 6.12. The molecule has 1 fully saturated rings. The number of aliphatic hydroxyl groups is 1. The third-order valence-electron chi connectivity index (χ3n) is 4.34. The average Bonchev–Trinajstić information content (AvgIpc) is 2.66. The van der Waals surface area contributed by atoms with Gasteiger partial charge in [-0.15, -0.1) is 0 Å². The van der Waals surface area contributed by atoms with Crippen LogP contribution < -0.4 is 5.32 Å². The molecule has 20 heavy (non-hydrogen) atoms. The second kappa shape index (κ2) is 7.09. The molecule has 1 aromatic rings. The van der Waals surface area contributed by atoms with Gasteiger partial charge in [0, 0.05) is 12.2 Å². The summed E-state index contributed by atoms with van der Waals surface area (Å²) >= 11 is 0. The van der Waals surface area contributed by atoms with Gasteiger partial charge < -0.3 is 15.3 Å². The fourth-order valence-electron chi connectivity index (χ4n) is 3.06. The van der Waals surface area contributed by atoms with E-state index in [0.29, 0.717) is 0 Å². The lowest BCUT2D eigenvalue weighted by Gasteiger charge is -2.33. The van der Waals surface area contributed by atoms with Gasteiger partial charge in [0.2, 0.25) is 0 Å². The first-order valence-electron chi connectivity index (χ1n) is 7.85. The highest BCUT2D eigenvalue weighted by molar-refractivity contribution is 5.47. The molecule has 1 aliphatic rings. The highest BCUT2D eigenvalue weighted by atomic mass is 16.3. The van der Waals surface area contributed by atoms with Gasteiger partial charge in [-0.3, -0.25) is 0 Å². The summed E-state index contributed by atoms with van der Waals surface area (Å²) in [6.45, 7) is 7.94. The van der Waals surface area contributed by atoms with Gasteiger partial charge in [0.25, 0.3) is 0 Å². The maximum Gasteiger partial charge on any atom is 0.0662 e. The molecule has 0 amide bonds. The Bertz CT molecular complexity index is 404. The van der Waals surface area contributed by atoms with E-state index in [0.717, 1.165) is 38.0 Å². The van der Waals surface area contributed by atoms with Crippen LogP contribution in [0.1, 0.15) is 38.2 Å². The summed E-state index contributed by atoms with van der Waals surface area (Å²) in [5, 5.41) is 13.5. The zero-order chi connectivity index (χ0) is 14.4. The Labute approximate surface area is 123 Å². The fourth-order valence-corrected chi connectivity index (χ4v) is 3.06. The Kier molecular flexibility index (Phi) is 5.44. The van der Waals surface area contributed by atoms with Gasteiger partial charge in [-0.05, 0) is 57.8 Å². The fraction of sp³-hybridized carbons (Fsp3) is 0.647. The lowest BCUT2D eigenvalue weighted by atomic mass is 9.91. The molecular weight excluding hydrogens is 248 g/mol. The number of anilines is 1. The van der Waals surface area contributed by atoms with Crippen LogP contribution >= 0.6 is 0 Å². The summed E-state index contributed by atoms with van der Waals surface area (Å²) < 4.78 is 0. The molecule has 2 N–H and O–H groups in total. The van der Waals surface area contributed by atoms with E-state index in [4.69, 9.17) is 0 Å². The standard InChI is InChI=1S/C17H28N2O/c1-3-11-19-12-4-9-17(14-20,10-13-19)18-16-7-5-15(2)6-8-16/h5-8,18,20H,3-4,9-14H2,1-2H3. The van der Waals surface area contributed by atoms with Crippen LogP contribution in [-0.4, -0.2) is 41.8 Å². The minimum Gasteiger partial charge on any atom is -0.394 e. The van der Waals surface area contributed by atoms with E-state index >= 15 is 0 Å². The van der Waals surface area contributed by atoms with Crippen molar-refractivity contribution >= 4 is 5.69 Å². The van der Waals surface area contributed by atoms with Crippen molar-refractivity contribution in [2.24, 2.45) is 0 Å².